The molecular formula is C20H29N3O4. The molecule has 1 aromatic heterocycles. The summed E-state index contributed by atoms with van der Waals surface area (Å²) in [6.07, 6.45) is 4.99. The van der Waals surface area contributed by atoms with Crippen LogP contribution in [-0.4, -0.2) is 64.0 Å². The van der Waals surface area contributed by atoms with Crippen molar-refractivity contribution in [2.75, 3.05) is 26.2 Å². The normalized spacial score (nSPS) is 28.2. The van der Waals surface area contributed by atoms with E-state index in [-0.39, 0.29) is 30.4 Å². The smallest absolute Gasteiger partial charge is 0.291 e. The quantitative estimate of drug-likeness (QED) is 0.867. The summed E-state index contributed by atoms with van der Waals surface area (Å²) < 4.78 is 5.69. The van der Waals surface area contributed by atoms with Crippen molar-refractivity contribution in [2.24, 2.45) is 11.3 Å². The van der Waals surface area contributed by atoms with Gasteiger partial charge in [-0.15, -0.1) is 0 Å². The molecule has 0 radical (unpaired) electrons. The third-order valence-corrected chi connectivity index (χ3v) is 6.49. The maximum atomic E-state index is 13.2. The number of fused-ring (bicyclic) bond motifs is 1. The Labute approximate surface area is 159 Å². The Morgan fingerprint density at radius 2 is 2.07 bits per heavy atom. The van der Waals surface area contributed by atoms with Gasteiger partial charge in [0.25, 0.3) is 5.91 Å². The van der Waals surface area contributed by atoms with Crippen LogP contribution in [0.2, 0.25) is 0 Å². The van der Waals surface area contributed by atoms with Crippen LogP contribution in [-0.2, 0) is 11.2 Å². The maximum absolute atomic E-state index is 13.2. The number of piperidine rings is 2. The number of hydrogen-bond acceptors (Lipinski definition) is 5. The predicted molar refractivity (Wildman–Crippen MR) is 98.1 cm³/mol. The molecule has 1 aromatic rings. The van der Waals surface area contributed by atoms with Crippen LogP contribution in [0.4, 0.5) is 0 Å². The van der Waals surface area contributed by atoms with Crippen molar-refractivity contribution >= 4 is 11.8 Å². The van der Waals surface area contributed by atoms with Gasteiger partial charge in [-0.3, -0.25) is 9.59 Å². The number of aliphatic hydroxyl groups excluding tert-OH is 1. The molecule has 0 bridgehead atoms. The average molecular weight is 375 g/mol. The SMILES string of the molecule is CCc1nc(C)c(C(=O)N2CCC[C@]3(CO)CN(C(=O)C4CC4)CC[C@@H]23)o1. The van der Waals surface area contributed by atoms with E-state index in [4.69, 9.17) is 4.42 Å². The molecule has 2 aliphatic heterocycles. The molecule has 0 unspecified atom stereocenters. The van der Waals surface area contributed by atoms with Gasteiger partial charge in [-0.1, -0.05) is 6.92 Å². The number of nitrogens with zero attached hydrogens (tertiary/aromatic N) is 3. The zero-order chi connectivity index (χ0) is 19.2. The van der Waals surface area contributed by atoms with E-state index in [0.29, 0.717) is 49.8 Å². The lowest BCUT2D eigenvalue weighted by Crippen LogP contribution is -2.64. The summed E-state index contributed by atoms with van der Waals surface area (Å²) in [6, 6.07) is -0.0680. The van der Waals surface area contributed by atoms with E-state index in [1.165, 1.54) is 0 Å². The Bertz CT molecular complexity index is 742. The molecule has 2 saturated heterocycles. The zero-order valence-electron chi connectivity index (χ0n) is 16.2. The molecule has 1 aliphatic carbocycles. The molecule has 7 heteroatoms. The minimum absolute atomic E-state index is 0.00844. The summed E-state index contributed by atoms with van der Waals surface area (Å²) in [5.41, 5.74) is 0.191. The number of oxazole rings is 1. The first-order valence-corrected chi connectivity index (χ1v) is 10.2. The number of likely N-dealkylation sites (tertiary alicyclic amines) is 2. The van der Waals surface area contributed by atoms with Crippen molar-refractivity contribution in [3.05, 3.63) is 17.3 Å². The van der Waals surface area contributed by atoms with Crippen LogP contribution in [0.25, 0.3) is 0 Å². The van der Waals surface area contributed by atoms with Gasteiger partial charge in [-0.05, 0) is 39.0 Å². The predicted octanol–water partition coefficient (Wildman–Crippen LogP) is 1.77. The highest BCUT2D eigenvalue weighted by Gasteiger charge is 2.51. The largest absolute Gasteiger partial charge is 0.435 e. The summed E-state index contributed by atoms with van der Waals surface area (Å²) in [5, 5.41) is 10.3. The van der Waals surface area contributed by atoms with E-state index < -0.39 is 5.41 Å². The first-order valence-electron chi connectivity index (χ1n) is 10.2. The number of hydrogen-bond donors (Lipinski definition) is 1. The van der Waals surface area contributed by atoms with Gasteiger partial charge in [0, 0.05) is 43.4 Å². The molecule has 0 spiro atoms. The van der Waals surface area contributed by atoms with Gasteiger partial charge in [0.15, 0.2) is 5.89 Å². The standard InChI is InChI=1S/C20H29N3O4/c1-3-16-21-13(2)17(27-16)19(26)23-9-4-8-20(12-24)11-22(10-7-15(20)23)18(25)14-5-6-14/h14-15,24H,3-12H2,1-2H3/t15-,20-/m1/s1. The molecular weight excluding hydrogens is 346 g/mol. The number of amides is 2. The summed E-state index contributed by atoms with van der Waals surface area (Å²) in [4.78, 5) is 33.9. The monoisotopic (exact) mass is 375 g/mol. The second-order valence-electron chi connectivity index (χ2n) is 8.34. The number of carbonyl (C=O) groups is 2. The molecule has 2 atom stereocenters. The Balaban J connectivity index is 1.57. The lowest BCUT2D eigenvalue weighted by molar-refractivity contribution is -0.141. The molecule has 3 fully saturated rings. The number of carbonyl (C=O) groups excluding carboxylic acids is 2. The highest BCUT2D eigenvalue weighted by Crippen LogP contribution is 2.43. The molecule has 1 saturated carbocycles. The van der Waals surface area contributed by atoms with E-state index in [1.807, 2.05) is 16.7 Å². The van der Waals surface area contributed by atoms with Crippen LogP contribution in [0.1, 0.15) is 61.2 Å². The number of aryl methyl sites for hydroxylation is 2. The average Bonchev–Trinajstić information content (AvgIpc) is 3.47. The van der Waals surface area contributed by atoms with E-state index in [1.54, 1.807) is 6.92 Å². The van der Waals surface area contributed by atoms with Crippen LogP contribution in [0.5, 0.6) is 0 Å². The second kappa shape index (κ2) is 6.93. The van der Waals surface area contributed by atoms with E-state index in [0.717, 1.165) is 25.7 Å². The highest BCUT2D eigenvalue weighted by atomic mass is 16.4. The molecule has 148 valence electrons. The van der Waals surface area contributed by atoms with Crippen molar-refractivity contribution in [2.45, 2.75) is 58.4 Å². The van der Waals surface area contributed by atoms with Crippen molar-refractivity contribution in [3.8, 4) is 0 Å². The van der Waals surface area contributed by atoms with Gasteiger partial charge >= 0.3 is 0 Å². The van der Waals surface area contributed by atoms with Crippen LogP contribution in [0.15, 0.2) is 4.42 Å². The van der Waals surface area contributed by atoms with Gasteiger partial charge in [0.1, 0.15) is 0 Å². The molecule has 27 heavy (non-hydrogen) atoms. The fourth-order valence-corrected chi connectivity index (χ4v) is 4.82. The van der Waals surface area contributed by atoms with Gasteiger partial charge in [-0.25, -0.2) is 4.98 Å². The Morgan fingerprint density at radius 3 is 2.70 bits per heavy atom. The van der Waals surface area contributed by atoms with Crippen molar-refractivity contribution in [1.29, 1.82) is 0 Å². The van der Waals surface area contributed by atoms with Crippen molar-refractivity contribution in [1.82, 2.24) is 14.8 Å². The Kier molecular flexibility index (Phi) is 4.74. The number of rotatable bonds is 4. The molecule has 3 heterocycles. The lowest BCUT2D eigenvalue weighted by Gasteiger charge is -2.54. The van der Waals surface area contributed by atoms with Gasteiger partial charge in [0.05, 0.1) is 12.3 Å². The summed E-state index contributed by atoms with van der Waals surface area (Å²) in [6.45, 7) is 5.60. The Morgan fingerprint density at radius 1 is 1.30 bits per heavy atom. The molecule has 7 nitrogen and oxygen atoms in total. The number of aromatic nitrogens is 1. The van der Waals surface area contributed by atoms with E-state index >= 15 is 0 Å². The molecule has 1 N–H and O–H groups in total. The third-order valence-electron chi connectivity index (χ3n) is 6.49. The second-order valence-corrected chi connectivity index (χ2v) is 8.34. The topological polar surface area (TPSA) is 86.9 Å². The van der Waals surface area contributed by atoms with Crippen LogP contribution < -0.4 is 0 Å². The molecule has 0 aromatic carbocycles. The lowest BCUT2D eigenvalue weighted by atomic mass is 9.69. The zero-order valence-corrected chi connectivity index (χ0v) is 16.2. The number of aliphatic hydroxyl groups is 1. The van der Waals surface area contributed by atoms with Crippen molar-refractivity contribution < 1.29 is 19.1 Å². The summed E-state index contributed by atoms with van der Waals surface area (Å²) in [5.74, 6) is 1.17. The van der Waals surface area contributed by atoms with Gasteiger partial charge in [0.2, 0.25) is 11.7 Å². The fraction of sp³-hybridized carbons (Fsp3) is 0.750. The fourth-order valence-electron chi connectivity index (χ4n) is 4.82. The minimum Gasteiger partial charge on any atom is -0.435 e. The van der Waals surface area contributed by atoms with E-state index in [2.05, 4.69) is 4.98 Å². The summed E-state index contributed by atoms with van der Waals surface area (Å²) >= 11 is 0. The highest BCUT2D eigenvalue weighted by molar-refractivity contribution is 5.93. The van der Waals surface area contributed by atoms with Gasteiger partial charge < -0.3 is 19.3 Å². The van der Waals surface area contributed by atoms with Crippen LogP contribution in [0.3, 0.4) is 0 Å². The molecule has 3 aliphatic rings. The molecule has 2 amide bonds. The third kappa shape index (κ3) is 3.16. The van der Waals surface area contributed by atoms with Crippen molar-refractivity contribution in [3.63, 3.8) is 0 Å². The van der Waals surface area contributed by atoms with Crippen LogP contribution in [0, 0.1) is 18.3 Å². The van der Waals surface area contributed by atoms with Crippen LogP contribution >= 0.6 is 0 Å². The summed E-state index contributed by atoms with van der Waals surface area (Å²) in [7, 11) is 0. The first kappa shape index (κ1) is 18.5. The minimum atomic E-state index is -0.432. The first-order chi connectivity index (χ1) is 13.0. The Hall–Kier alpha value is -1.89. The molecule has 4 rings (SSSR count). The maximum Gasteiger partial charge on any atom is 0.291 e. The van der Waals surface area contributed by atoms with Gasteiger partial charge in [-0.2, -0.15) is 0 Å². The van der Waals surface area contributed by atoms with E-state index in [9.17, 15) is 14.7 Å².